The first-order valence-corrected chi connectivity index (χ1v) is 17.1. The van der Waals surface area contributed by atoms with Crippen molar-refractivity contribution in [2.24, 2.45) is 0 Å². The van der Waals surface area contributed by atoms with Crippen molar-refractivity contribution >= 4 is 13.9 Å². The van der Waals surface area contributed by atoms with Gasteiger partial charge in [0, 0.05) is 6.54 Å². The van der Waals surface area contributed by atoms with Gasteiger partial charge in [0.2, 0.25) is 0 Å². The van der Waals surface area contributed by atoms with Crippen molar-refractivity contribution < 1.29 is 42.7 Å². The summed E-state index contributed by atoms with van der Waals surface area (Å²) < 4.78 is 33.8. The van der Waals surface area contributed by atoms with Crippen LogP contribution in [0.2, 0.25) is 0 Å². The molecule has 0 spiro atoms. The first kappa shape index (κ1) is 39.3. The third-order valence-electron chi connectivity index (χ3n) is 7.06. The molecule has 0 aromatic rings. The topological polar surface area (TPSA) is 125 Å². The summed E-state index contributed by atoms with van der Waals surface area (Å²) in [7, 11) is 1.74. The molecule has 0 aliphatic carbocycles. The molecule has 10 nitrogen and oxygen atoms in total. The van der Waals surface area contributed by atoms with E-state index < -0.39 is 13.9 Å². The molecule has 1 rings (SSSR count). The predicted molar refractivity (Wildman–Crippen MR) is 159 cm³/mol. The second-order valence-corrected chi connectivity index (χ2v) is 13.4. The molecule has 1 aliphatic heterocycles. The minimum absolute atomic E-state index is 0. The summed E-state index contributed by atoms with van der Waals surface area (Å²) in [5, 5.41) is 0. The standard InChI is InChI=1S/C29H59N2O7P.H2O/c1-5-6-7-8-9-10-11-12-13-14-15-16-17-18-19-20-23-36-29(32)30-21-24-35-28(26-30)27-38-39(33,34)37-25-22-31(2,3)4;/h28H,5-27H2,1-4H3;1H2. The Kier molecular flexibility index (Phi) is 23.3. The van der Waals surface area contributed by atoms with Gasteiger partial charge in [-0.3, -0.25) is 9.05 Å². The number of hydrogen-bond donors (Lipinski definition) is 1. The van der Waals surface area contributed by atoms with E-state index >= 15 is 0 Å². The molecule has 2 atom stereocenters. The average Bonchev–Trinajstić information content (AvgIpc) is 2.88. The molecule has 1 amide bonds. The lowest BCUT2D eigenvalue weighted by molar-refractivity contribution is -0.870. The number of morpholine rings is 1. The van der Waals surface area contributed by atoms with Crippen LogP contribution in [0.3, 0.4) is 0 Å². The second-order valence-electron chi connectivity index (χ2n) is 12.0. The van der Waals surface area contributed by atoms with Crippen molar-refractivity contribution in [3.8, 4) is 0 Å². The van der Waals surface area contributed by atoms with Crippen molar-refractivity contribution in [3.05, 3.63) is 0 Å². The summed E-state index contributed by atoms with van der Waals surface area (Å²) in [4.78, 5) is 23.9. The normalized spacial score (nSPS) is 17.3. The third kappa shape index (κ3) is 22.9. The fraction of sp³-hybridized carbons (Fsp3) is 0.966. The van der Waals surface area contributed by atoms with E-state index in [1.54, 1.807) is 4.90 Å². The van der Waals surface area contributed by atoms with Gasteiger partial charge >= 0.3 is 13.9 Å². The van der Waals surface area contributed by atoms with Gasteiger partial charge in [0.25, 0.3) is 0 Å². The van der Waals surface area contributed by atoms with E-state index in [0.717, 1.165) is 12.8 Å². The fourth-order valence-electron chi connectivity index (χ4n) is 4.53. The lowest BCUT2D eigenvalue weighted by Crippen LogP contribution is -2.47. The van der Waals surface area contributed by atoms with Crippen LogP contribution in [-0.4, -0.2) is 99.2 Å². The fourth-order valence-corrected chi connectivity index (χ4v) is 5.27. The third-order valence-corrected chi connectivity index (χ3v) is 8.04. The van der Waals surface area contributed by atoms with Crippen molar-refractivity contribution in [1.29, 1.82) is 0 Å². The average molecular weight is 597 g/mol. The van der Waals surface area contributed by atoms with Gasteiger partial charge in [-0.05, 0) is 6.42 Å². The number of carbonyl (C=O) groups is 1. The summed E-state index contributed by atoms with van der Waals surface area (Å²) in [6, 6.07) is 0. The molecule has 0 bridgehead atoms. The molecular formula is C29H61N2O8P. The Morgan fingerprint density at radius 3 is 1.85 bits per heavy atom. The van der Waals surface area contributed by atoms with Gasteiger partial charge in [0.15, 0.2) is 0 Å². The number of carbonyl (C=O) groups excluding carboxylic acids is 1. The monoisotopic (exact) mass is 596 g/mol. The van der Waals surface area contributed by atoms with Gasteiger partial charge in [-0.15, -0.1) is 0 Å². The molecule has 2 unspecified atom stereocenters. The number of ether oxygens (including phenoxy) is 2. The highest BCUT2D eigenvalue weighted by Crippen LogP contribution is 2.43. The molecule has 0 aromatic heterocycles. The summed E-state index contributed by atoms with van der Waals surface area (Å²) in [6.07, 6.45) is 20.1. The SMILES string of the molecule is CCCCCCCCCCCCCCCCCCOC(=O)N1CCOC(COP(=O)(O)OCC[N+](C)(C)C)C1.[OH-]. The zero-order chi connectivity index (χ0) is 28.8. The van der Waals surface area contributed by atoms with Crippen LogP contribution in [0.25, 0.3) is 0 Å². The quantitative estimate of drug-likeness (QED) is 0.0737. The number of amides is 1. The molecule has 0 radical (unpaired) electrons. The van der Waals surface area contributed by atoms with Crippen LogP contribution >= 0.6 is 7.82 Å². The lowest BCUT2D eigenvalue weighted by Gasteiger charge is -2.32. The van der Waals surface area contributed by atoms with Crippen molar-refractivity contribution in [3.63, 3.8) is 0 Å². The number of phosphoric acid groups is 1. The molecular weight excluding hydrogens is 535 g/mol. The first-order valence-electron chi connectivity index (χ1n) is 15.6. The smallest absolute Gasteiger partial charge is 0.472 e. The molecule has 240 valence electrons. The van der Waals surface area contributed by atoms with E-state index in [9.17, 15) is 14.3 Å². The van der Waals surface area contributed by atoms with Crippen LogP contribution in [0.4, 0.5) is 4.79 Å². The maximum atomic E-state index is 12.4. The first-order chi connectivity index (χ1) is 18.6. The summed E-state index contributed by atoms with van der Waals surface area (Å²) in [5.74, 6) is 0. The number of quaternary nitrogens is 1. The van der Waals surface area contributed by atoms with E-state index in [1.807, 2.05) is 21.1 Å². The van der Waals surface area contributed by atoms with Crippen LogP contribution in [0.5, 0.6) is 0 Å². The molecule has 1 saturated heterocycles. The Morgan fingerprint density at radius 1 is 0.850 bits per heavy atom. The zero-order valence-corrected chi connectivity index (χ0v) is 26.9. The molecule has 11 heteroatoms. The lowest BCUT2D eigenvalue weighted by atomic mass is 10.0. The highest BCUT2D eigenvalue weighted by Gasteiger charge is 2.29. The van der Waals surface area contributed by atoms with Gasteiger partial charge in [0.05, 0.1) is 53.6 Å². The van der Waals surface area contributed by atoms with Crippen molar-refractivity contribution in [1.82, 2.24) is 4.90 Å². The van der Waals surface area contributed by atoms with Gasteiger partial charge < -0.3 is 29.2 Å². The Bertz CT molecular complexity index is 662. The molecule has 0 aromatic carbocycles. The van der Waals surface area contributed by atoms with Gasteiger partial charge in [-0.25, -0.2) is 9.36 Å². The summed E-state index contributed by atoms with van der Waals surface area (Å²) in [6.45, 7) is 4.28. The highest BCUT2D eigenvalue weighted by molar-refractivity contribution is 7.47. The number of unbranched alkanes of at least 4 members (excludes halogenated alkanes) is 15. The van der Waals surface area contributed by atoms with Crippen molar-refractivity contribution in [2.75, 3.05) is 67.2 Å². The van der Waals surface area contributed by atoms with Gasteiger partial charge in [-0.1, -0.05) is 103 Å². The molecule has 1 heterocycles. The number of likely N-dealkylation sites (N-methyl/N-ethyl adjacent to an activating group) is 1. The van der Waals surface area contributed by atoms with Crippen LogP contribution in [-0.2, 0) is 23.1 Å². The van der Waals surface area contributed by atoms with E-state index in [1.165, 1.54) is 89.9 Å². The van der Waals surface area contributed by atoms with Gasteiger partial charge in [-0.2, -0.15) is 0 Å². The van der Waals surface area contributed by atoms with Crippen LogP contribution < -0.4 is 0 Å². The molecule has 1 aliphatic rings. The zero-order valence-electron chi connectivity index (χ0n) is 26.0. The Hall–Kier alpha value is -0.740. The maximum Gasteiger partial charge on any atom is 0.472 e. The Labute approximate surface area is 244 Å². The Balaban J connectivity index is 0.0000152. The van der Waals surface area contributed by atoms with Gasteiger partial charge in [0.1, 0.15) is 13.2 Å². The number of hydrogen-bond acceptors (Lipinski definition) is 7. The number of rotatable bonds is 24. The number of nitrogens with zero attached hydrogens (tertiary/aromatic N) is 2. The van der Waals surface area contributed by atoms with E-state index in [0.29, 0.717) is 30.8 Å². The predicted octanol–water partition coefficient (Wildman–Crippen LogP) is 6.75. The highest BCUT2D eigenvalue weighted by atomic mass is 31.2. The van der Waals surface area contributed by atoms with E-state index in [4.69, 9.17) is 18.5 Å². The van der Waals surface area contributed by atoms with Crippen LogP contribution in [0.15, 0.2) is 0 Å². The van der Waals surface area contributed by atoms with E-state index in [-0.39, 0.29) is 31.3 Å². The minimum atomic E-state index is -4.16. The maximum absolute atomic E-state index is 12.4. The van der Waals surface area contributed by atoms with Crippen LogP contribution in [0, 0.1) is 0 Å². The largest absolute Gasteiger partial charge is 0.870 e. The molecule has 1 fully saturated rings. The minimum Gasteiger partial charge on any atom is -0.870 e. The number of phosphoric ester groups is 1. The van der Waals surface area contributed by atoms with Crippen LogP contribution in [0.1, 0.15) is 110 Å². The molecule has 40 heavy (non-hydrogen) atoms. The van der Waals surface area contributed by atoms with E-state index in [2.05, 4.69) is 6.92 Å². The Morgan fingerprint density at radius 2 is 1.35 bits per heavy atom. The van der Waals surface area contributed by atoms with Crippen molar-refractivity contribution in [2.45, 2.75) is 116 Å². The molecule has 2 N–H and O–H groups in total. The summed E-state index contributed by atoms with van der Waals surface area (Å²) in [5.41, 5.74) is 0. The second kappa shape index (κ2) is 23.8. The molecule has 0 saturated carbocycles. The summed E-state index contributed by atoms with van der Waals surface area (Å²) >= 11 is 0.